The minimum Gasteiger partial charge on any atom is -0.473 e. The smallest absolute Gasteiger partial charge is 0.320 e. The molecule has 4 heterocycles. The molecule has 1 aromatic carbocycles. The van der Waals surface area contributed by atoms with Gasteiger partial charge in [-0.1, -0.05) is 11.2 Å². The largest absolute Gasteiger partial charge is 0.473 e. The molecule has 0 saturated carbocycles. The molecular weight excluding hydrogens is 423 g/mol. The van der Waals surface area contributed by atoms with E-state index in [1.165, 1.54) is 18.6 Å². The van der Waals surface area contributed by atoms with Crippen LogP contribution >= 0.6 is 0 Å². The lowest BCUT2D eigenvalue weighted by molar-refractivity contribution is 0.138. The Bertz CT molecular complexity index is 1140. The van der Waals surface area contributed by atoms with E-state index in [9.17, 15) is 9.18 Å². The minimum absolute atomic E-state index is 0.136. The molecule has 0 N–H and O–H groups in total. The maximum atomic E-state index is 13.3. The molecule has 2 aromatic heterocycles. The summed E-state index contributed by atoms with van der Waals surface area (Å²) in [7, 11) is 0. The standard InChI is InChI=1S/C25H27FN4O3/c1-17-21(24(28-33-17)18-5-8-20(26)9-6-18)16-32-23-10-7-19-15-30(14-11-22(19)27-23)25(31)29-12-3-2-4-13-29/h5-10H,2-4,11-16H2,1H3. The number of amides is 2. The first-order valence-electron chi connectivity index (χ1n) is 11.4. The average Bonchev–Trinajstić information content (AvgIpc) is 3.23. The minimum atomic E-state index is -0.300. The van der Waals surface area contributed by atoms with E-state index in [0.717, 1.165) is 48.3 Å². The Balaban J connectivity index is 1.26. The highest BCUT2D eigenvalue weighted by molar-refractivity contribution is 5.75. The monoisotopic (exact) mass is 450 g/mol. The third-order valence-corrected chi connectivity index (χ3v) is 6.39. The van der Waals surface area contributed by atoms with Gasteiger partial charge in [-0.05, 0) is 56.0 Å². The maximum Gasteiger partial charge on any atom is 0.320 e. The van der Waals surface area contributed by atoms with Crippen LogP contribution in [0.15, 0.2) is 40.9 Å². The first-order chi connectivity index (χ1) is 16.1. The van der Waals surface area contributed by atoms with Gasteiger partial charge in [0, 0.05) is 44.2 Å². The number of halogens is 1. The number of hydrogen-bond donors (Lipinski definition) is 0. The maximum absolute atomic E-state index is 13.3. The van der Waals surface area contributed by atoms with Crippen LogP contribution in [0.4, 0.5) is 9.18 Å². The van der Waals surface area contributed by atoms with Crippen molar-refractivity contribution in [1.82, 2.24) is 19.9 Å². The van der Waals surface area contributed by atoms with Gasteiger partial charge in [0.15, 0.2) is 0 Å². The van der Waals surface area contributed by atoms with Crippen LogP contribution in [0.2, 0.25) is 0 Å². The lowest BCUT2D eigenvalue weighted by Crippen LogP contribution is -2.47. The van der Waals surface area contributed by atoms with Crippen LogP contribution in [0.5, 0.6) is 5.88 Å². The van der Waals surface area contributed by atoms with Crippen molar-refractivity contribution in [3.63, 3.8) is 0 Å². The van der Waals surface area contributed by atoms with E-state index in [1.807, 2.05) is 28.9 Å². The fourth-order valence-corrected chi connectivity index (χ4v) is 4.47. The number of urea groups is 1. The number of aryl methyl sites for hydroxylation is 1. The zero-order chi connectivity index (χ0) is 22.8. The Kier molecular flexibility index (Phi) is 5.98. The number of likely N-dealkylation sites (tertiary alicyclic amines) is 1. The van der Waals surface area contributed by atoms with E-state index in [1.54, 1.807) is 12.1 Å². The topological polar surface area (TPSA) is 71.7 Å². The lowest BCUT2D eigenvalue weighted by Gasteiger charge is -2.35. The molecule has 0 unspecified atom stereocenters. The molecule has 3 aromatic rings. The van der Waals surface area contributed by atoms with Crippen LogP contribution in [0.3, 0.4) is 0 Å². The van der Waals surface area contributed by atoms with Crippen molar-refractivity contribution in [1.29, 1.82) is 0 Å². The molecule has 2 aliphatic rings. The van der Waals surface area contributed by atoms with Crippen molar-refractivity contribution >= 4 is 6.03 Å². The number of fused-ring (bicyclic) bond motifs is 1. The van der Waals surface area contributed by atoms with Crippen LogP contribution in [-0.2, 0) is 19.6 Å². The molecule has 172 valence electrons. The number of piperidine rings is 1. The highest BCUT2D eigenvalue weighted by atomic mass is 19.1. The van der Waals surface area contributed by atoms with E-state index in [2.05, 4.69) is 10.1 Å². The molecule has 33 heavy (non-hydrogen) atoms. The molecule has 5 rings (SSSR count). The summed E-state index contributed by atoms with van der Waals surface area (Å²) in [5, 5.41) is 4.12. The van der Waals surface area contributed by atoms with Crippen molar-refractivity contribution in [2.24, 2.45) is 0 Å². The summed E-state index contributed by atoms with van der Waals surface area (Å²) < 4.78 is 24.6. The van der Waals surface area contributed by atoms with Gasteiger partial charge >= 0.3 is 6.03 Å². The number of benzene rings is 1. The lowest BCUT2D eigenvalue weighted by atomic mass is 10.1. The zero-order valence-corrected chi connectivity index (χ0v) is 18.7. The number of pyridine rings is 1. The zero-order valence-electron chi connectivity index (χ0n) is 18.7. The van der Waals surface area contributed by atoms with Gasteiger partial charge in [-0.3, -0.25) is 0 Å². The summed E-state index contributed by atoms with van der Waals surface area (Å²) in [6.07, 6.45) is 4.10. The Morgan fingerprint density at radius 2 is 1.85 bits per heavy atom. The third kappa shape index (κ3) is 4.55. The predicted molar refractivity (Wildman–Crippen MR) is 120 cm³/mol. The Labute approximate surface area is 192 Å². The second-order valence-electron chi connectivity index (χ2n) is 8.62. The fraction of sp³-hybridized carbons (Fsp3) is 0.400. The van der Waals surface area contributed by atoms with Crippen LogP contribution in [0, 0.1) is 12.7 Å². The molecular formula is C25H27FN4O3. The second kappa shape index (κ2) is 9.21. The number of hydrogen-bond acceptors (Lipinski definition) is 5. The second-order valence-corrected chi connectivity index (χ2v) is 8.62. The van der Waals surface area contributed by atoms with Gasteiger partial charge in [0.25, 0.3) is 0 Å². The Morgan fingerprint density at radius 3 is 2.64 bits per heavy atom. The van der Waals surface area contributed by atoms with Gasteiger partial charge in [0.1, 0.15) is 23.9 Å². The predicted octanol–water partition coefficient (Wildman–Crippen LogP) is 4.73. The Hall–Kier alpha value is -3.42. The van der Waals surface area contributed by atoms with Gasteiger partial charge in [-0.2, -0.15) is 0 Å². The van der Waals surface area contributed by atoms with Gasteiger partial charge < -0.3 is 19.1 Å². The molecule has 0 radical (unpaired) electrons. The molecule has 2 aliphatic heterocycles. The number of carbonyl (C=O) groups is 1. The summed E-state index contributed by atoms with van der Waals surface area (Å²) in [6.45, 7) is 5.03. The van der Waals surface area contributed by atoms with E-state index < -0.39 is 0 Å². The normalized spacial score (nSPS) is 15.9. The van der Waals surface area contributed by atoms with Crippen molar-refractivity contribution in [2.75, 3.05) is 19.6 Å². The molecule has 0 spiro atoms. The summed E-state index contributed by atoms with van der Waals surface area (Å²) in [5.74, 6) is 0.876. The average molecular weight is 451 g/mol. The summed E-state index contributed by atoms with van der Waals surface area (Å²) in [4.78, 5) is 21.4. The van der Waals surface area contributed by atoms with Crippen molar-refractivity contribution in [2.45, 2.75) is 45.8 Å². The molecule has 7 nitrogen and oxygen atoms in total. The van der Waals surface area contributed by atoms with E-state index in [0.29, 0.717) is 36.8 Å². The fourth-order valence-electron chi connectivity index (χ4n) is 4.47. The van der Waals surface area contributed by atoms with Gasteiger partial charge in [-0.25, -0.2) is 14.2 Å². The number of carbonyl (C=O) groups excluding carboxylic acids is 1. The summed E-state index contributed by atoms with van der Waals surface area (Å²) in [6, 6.07) is 10.1. The van der Waals surface area contributed by atoms with Crippen LogP contribution in [0.25, 0.3) is 11.3 Å². The van der Waals surface area contributed by atoms with Crippen LogP contribution in [0.1, 0.15) is 41.8 Å². The third-order valence-electron chi connectivity index (χ3n) is 6.39. The Morgan fingerprint density at radius 1 is 1.06 bits per heavy atom. The van der Waals surface area contributed by atoms with E-state index >= 15 is 0 Å². The van der Waals surface area contributed by atoms with Crippen molar-refractivity contribution in [3.8, 4) is 17.1 Å². The van der Waals surface area contributed by atoms with Crippen LogP contribution in [-0.4, -0.2) is 45.6 Å². The van der Waals surface area contributed by atoms with Gasteiger partial charge in [-0.15, -0.1) is 0 Å². The highest BCUT2D eigenvalue weighted by Crippen LogP contribution is 2.28. The highest BCUT2D eigenvalue weighted by Gasteiger charge is 2.27. The quantitative estimate of drug-likeness (QED) is 0.575. The SMILES string of the molecule is Cc1onc(-c2ccc(F)cc2)c1COc1ccc2c(n1)CCN(C(=O)N1CCCCC1)C2. The number of rotatable bonds is 4. The molecule has 8 heteroatoms. The molecule has 1 fully saturated rings. The van der Waals surface area contributed by atoms with Crippen molar-refractivity contribution in [3.05, 3.63) is 64.8 Å². The summed E-state index contributed by atoms with van der Waals surface area (Å²) in [5.41, 5.74) is 4.24. The van der Waals surface area contributed by atoms with Crippen LogP contribution < -0.4 is 4.74 Å². The van der Waals surface area contributed by atoms with Gasteiger partial charge in [0.05, 0.1) is 11.3 Å². The first-order valence-corrected chi connectivity index (χ1v) is 11.4. The first kappa shape index (κ1) is 21.4. The number of ether oxygens (including phenoxy) is 1. The molecule has 0 bridgehead atoms. The van der Waals surface area contributed by atoms with Gasteiger partial charge in [0.2, 0.25) is 5.88 Å². The molecule has 0 atom stereocenters. The molecule has 2 amide bonds. The van der Waals surface area contributed by atoms with Crippen molar-refractivity contribution < 1.29 is 18.4 Å². The summed E-state index contributed by atoms with van der Waals surface area (Å²) >= 11 is 0. The number of nitrogens with zero attached hydrogens (tertiary/aromatic N) is 4. The van der Waals surface area contributed by atoms with E-state index in [4.69, 9.17) is 9.26 Å². The molecule has 0 aliphatic carbocycles. The van der Waals surface area contributed by atoms with E-state index in [-0.39, 0.29) is 18.5 Å². The number of aromatic nitrogens is 2. The molecule has 1 saturated heterocycles.